The van der Waals surface area contributed by atoms with E-state index in [9.17, 15) is 9.59 Å². The van der Waals surface area contributed by atoms with E-state index < -0.39 is 0 Å². The van der Waals surface area contributed by atoms with E-state index in [2.05, 4.69) is 0 Å². The van der Waals surface area contributed by atoms with Gasteiger partial charge in [-0.3, -0.25) is 14.6 Å². The summed E-state index contributed by atoms with van der Waals surface area (Å²) < 4.78 is -0.0495. The normalized spacial score (nSPS) is 9.91. The molecule has 11 heavy (non-hydrogen) atoms. The van der Waals surface area contributed by atoms with E-state index in [1.807, 2.05) is 0 Å². The summed E-state index contributed by atoms with van der Waals surface area (Å²) in [4.78, 5) is 21.5. The summed E-state index contributed by atoms with van der Waals surface area (Å²) in [5, 5.41) is 2.97. The summed E-state index contributed by atoms with van der Waals surface area (Å²) in [7, 11) is 3.45. The molecule has 0 aromatic heterocycles. The summed E-state index contributed by atoms with van der Waals surface area (Å²) in [6.45, 7) is 1.57. The lowest BCUT2D eigenvalue weighted by Crippen LogP contribution is -2.42. The van der Waals surface area contributed by atoms with Gasteiger partial charge in [-0.1, -0.05) is 0 Å². The zero-order chi connectivity index (χ0) is 9.02. The van der Waals surface area contributed by atoms with E-state index >= 15 is 0 Å². The monoisotopic (exact) mass is 270 g/mol. The first kappa shape index (κ1) is 10.8. The number of hydrogen-bond acceptors (Lipinski definition) is 3. The van der Waals surface area contributed by atoms with Crippen molar-refractivity contribution in [3.63, 3.8) is 0 Å². The molecule has 0 bridgehead atoms. The Kier molecular flexibility index (Phi) is 4.58. The molecule has 0 rings (SSSR count). The smallest absolute Gasteiger partial charge is 0.234 e. The summed E-state index contributed by atoms with van der Waals surface area (Å²) in [5.41, 5.74) is 0. The van der Waals surface area contributed by atoms with Crippen LogP contribution in [0.4, 0.5) is 0 Å². The second kappa shape index (κ2) is 4.66. The number of carbonyl (C=O) groups is 2. The quantitative estimate of drug-likeness (QED) is 0.420. The van der Waals surface area contributed by atoms with E-state index in [1.54, 1.807) is 41.7 Å². The molecule has 0 atom stereocenters. The highest BCUT2D eigenvalue weighted by atomic mass is 127. The fourth-order valence-corrected chi connectivity index (χ4v) is 0.975. The van der Waals surface area contributed by atoms with Gasteiger partial charge in [-0.05, 0) is 0 Å². The van der Waals surface area contributed by atoms with Crippen LogP contribution in [0, 0.1) is 0 Å². The third kappa shape index (κ3) is 4.31. The molecule has 5 heteroatoms. The van der Waals surface area contributed by atoms with Gasteiger partial charge in [-0.2, -0.15) is 0 Å². The zero-order valence-corrected chi connectivity index (χ0v) is 8.95. The van der Waals surface area contributed by atoms with Crippen molar-refractivity contribution in [3.8, 4) is 0 Å². The van der Waals surface area contributed by atoms with Crippen molar-refractivity contribution >= 4 is 32.3 Å². The van der Waals surface area contributed by atoms with Crippen LogP contribution in [-0.2, 0) is 9.59 Å². The van der Waals surface area contributed by atoms with Crippen molar-refractivity contribution in [1.29, 1.82) is 0 Å². The van der Waals surface area contributed by atoms with Gasteiger partial charge in [0.2, 0.25) is 9.70 Å². The van der Waals surface area contributed by atoms with E-state index in [0.29, 0.717) is 0 Å². The van der Waals surface area contributed by atoms with Crippen LogP contribution >= 0.6 is 22.6 Å². The number of rotatable bonds is 3. The zero-order valence-electron chi connectivity index (χ0n) is 6.80. The van der Waals surface area contributed by atoms with Crippen LogP contribution in [0.2, 0.25) is 0 Å². The number of amides is 1. The first-order chi connectivity index (χ1) is 4.95. The minimum Gasteiger partial charge on any atom is -0.286 e. The Morgan fingerprint density at radius 3 is 1.91 bits per heavy atom. The second-order valence-electron chi connectivity index (χ2n) is 2.28. The number of nitrogens with zero attached hydrogens (tertiary/aromatic N) is 2. The Bertz CT molecular complexity index is 170. The SMILES string of the molecule is CC(=O)N(CC(=O)I)N(C)C. The van der Waals surface area contributed by atoms with E-state index in [0.717, 1.165) is 0 Å². The van der Waals surface area contributed by atoms with Crippen molar-refractivity contribution < 1.29 is 9.59 Å². The van der Waals surface area contributed by atoms with Crippen LogP contribution in [0.15, 0.2) is 0 Å². The van der Waals surface area contributed by atoms with Gasteiger partial charge in [0.25, 0.3) is 0 Å². The molecule has 4 nitrogen and oxygen atoms in total. The lowest BCUT2D eigenvalue weighted by Gasteiger charge is -2.25. The number of halogens is 1. The minimum atomic E-state index is -0.125. The molecule has 0 aromatic rings. The summed E-state index contributed by atoms with van der Waals surface area (Å²) >= 11 is 1.66. The Morgan fingerprint density at radius 1 is 1.36 bits per heavy atom. The average molecular weight is 270 g/mol. The maximum atomic E-state index is 10.8. The van der Waals surface area contributed by atoms with Crippen molar-refractivity contribution in [1.82, 2.24) is 10.0 Å². The van der Waals surface area contributed by atoms with E-state index in [4.69, 9.17) is 0 Å². The van der Waals surface area contributed by atoms with Gasteiger partial charge in [0.1, 0.15) is 6.54 Å². The lowest BCUT2D eigenvalue weighted by atomic mass is 10.6. The number of hydrazine groups is 1. The summed E-state index contributed by atoms with van der Waals surface area (Å²) in [5.74, 6) is -0.125. The van der Waals surface area contributed by atoms with Crippen molar-refractivity contribution in [2.45, 2.75) is 6.92 Å². The van der Waals surface area contributed by atoms with E-state index in [1.165, 1.54) is 11.9 Å². The molecule has 0 radical (unpaired) electrons. The molecule has 0 aliphatic heterocycles. The Balaban J connectivity index is 4.12. The van der Waals surface area contributed by atoms with Crippen LogP contribution in [0.25, 0.3) is 0 Å². The van der Waals surface area contributed by atoms with Crippen LogP contribution in [0.3, 0.4) is 0 Å². The van der Waals surface area contributed by atoms with Crippen LogP contribution in [0.1, 0.15) is 6.92 Å². The fraction of sp³-hybridized carbons (Fsp3) is 0.667. The number of hydrogen-bond donors (Lipinski definition) is 0. The maximum Gasteiger partial charge on any atom is 0.234 e. The molecule has 0 heterocycles. The summed E-state index contributed by atoms with van der Waals surface area (Å²) in [6, 6.07) is 0. The molecule has 0 unspecified atom stereocenters. The third-order valence-electron chi connectivity index (χ3n) is 1.12. The molecule has 0 saturated carbocycles. The van der Waals surface area contributed by atoms with Gasteiger partial charge >= 0.3 is 0 Å². The first-order valence-electron chi connectivity index (χ1n) is 3.09. The topological polar surface area (TPSA) is 40.6 Å². The van der Waals surface area contributed by atoms with Crippen LogP contribution in [0.5, 0.6) is 0 Å². The molecular weight excluding hydrogens is 259 g/mol. The third-order valence-corrected chi connectivity index (χ3v) is 1.46. The molecule has 1 amide bonds. The molecule has 0 aliphatic rings. The standard InChI is InChI=1S/C6H11IN2O2/c1-5(10)9(8(2)3)4-6(7)11/h4H2,1-3H3. The Hall–Kier alpha value is -0.170. The van der Waals surface area contributed by atoms with Gasteiger partial charge in [-0.15, -0.1) is 0 Å². The van der Waals surface area contributed by atoms with E-state index in [-0.39, 0.29) is 16.2 Å². The molecule has 0 saturated heterocycles. The average Bonchev–Trinajstić information content (AvgIpc) is 1.81. The predicted octanol–water partition coefficient (Wildman–Crippen LogP) is 0.273. The van der Waals surface area contributed by atoms with Crippen molar-refractivity contribution in [2.24, 2.45) is 0 Å². The second-order valence-corrected chi connectivity index (χ2v) is 3.48. The van der Waals surface area contributed by atoms with Gasteiger partial charge in [0.15, 0.2) is 0 Å². The lowest BCUT2D eigenvalue weighted by molar-refractivity contribution is -0.144. The van der Waals surface area contributed by atoms with Crippen molar-refractivity contribution in [2.75, 3.05) is 20.6 Å². The maximum absolute atomic E-state index is 10.8. The molecule has 0 aliphatic carbocycles. The molecule has 0 N–H and O–H groups in total. The van der Waals surface area contributed by atoms with Gasteiger partial charge in [0.05, 0.1) is 0 Å². The highest BCUT2D eigenvalue weighted by molar-refractivity contribution is 14.1. The Labute approximate surface area is 79.6 Å². The highest BCUT2D eigenvalue weighted by Crippen LogP contribution is 1.96. The molecule has 64 valence electrons. The fourth-order valence-electron chi connectivity index (χ4n) is 0.652. The number of carbonyl (C=O) groups excluding carboxylic acids is 2. The minimum absolute atomic E-state index is 0.0495. The Morgan fingerprint density at radius 2 is 1.82 bits per heavy atom. The van der Waals surface area contributed by atoms with Crippen molar-refractivity contribution in [3.05, 3.63) is 0 Å². The first-order valence-corrected chi connectivity index (χ1v) is 4.16. The largest absolute Gasteiger partial charge is 0.286 e. The van der Waals surface area contributed by atoms with Gasteiger partial charge in [0, 0.05) is 43.6 Å². The van der Waals surface area contributed by atoms with Gasteiger partial charge < -0.3 is 0 Å². The van der Waals surface area contributed by atoms with Gasteiger partial charge in [-0.25, -0.2) is 5.01 Å². The molecule has 0 spiro atoms. The molecular formula is C6H11IN2O2. The predicted molar refractivity (Wildman–Crippen MR) is 50.1 cm³/mol. The highest BCUT2D eigenvalue weighted by Gasteiger charge is 2.12. The molecule has 0 fully saturated rings. The summed E-state index contributed by atoms with van der Waals surface area (Å²) in [6.07, 6.45) is 0. The molecule has 0 aromatic carbocycles. The van der Waals surface area contributed by atoms with Crippen LogP contribution in [-0.4, -0.2) is 40.4 Å². The van der Waals surface area contributed by atoms with Crippen LogP contribution < -0.4 is 0 Å².